The highest BCUT2D eigenvalue weighted by Gasteiger charge is 2.15. The fraction of sp³-hybridized carbons (Fsp3) is 0.500. The van der Waals surface area contributed by atoms with Gasteiger partial charge in [0.05, 0.1) is 13.3 Å². The lowest BCUT2D eigenvalue weighted by Gasteiger charge is -2.07. The molecule has 0 amide bonds. The van der Waals surface area contributed by atoms with E-state index in [2.05, 4.69) is 14.9 Å². The van der Waals surface area contributed by atoms with Gasteiger partial charge in [0.2, 0.25) is 0 Å². The Labute approximate surface area is 76.3 Å². The molecule has 0 aliphatic carbocycles. The first-order chi connectivity index (χ1) is 6.15. The van der Waals surface area contributed by atoms with Gasteiger partial charge in [0.15, 0.2) is 0 Å². The Bertz CT molecular complexity index is 295. The molecule has 0 spiro atoms. The van der Waals surface area contributed by atoms with Crippen LogP contribution < -0.4 is 5.73 Å². The molecule has 0 saturated carbocycles. The van der Waals surface area contributed by atoms with E-state index >= 15 is 0 Å². The third-order valence-corrected chi connectivity index (χ3v) is 1.88. The van der Waals surface area contributed by atoms with Gasteiger partial charge in [0.1, 0.15) is 6.04 Å². The number of nitrogens with one attached hydrogen (secondary N) is 1. The number of rotatable bonds is 3. The maximum Gasteiger partial charge on any atom is 0.322 e. The van der Waals surface area contributed by atoms with E-state index in [9.17, 15) is 4.79 Å². The third-order valence-electron chi connectivity index (χ3n) is 1.88. The molecule has 0 saturated heterocycles. The van der Waals surface area contributed by atoms with Crippen molar-refractivity contribution in [2.45, 2.75) is 19.4 Å². The summed E-state index contributed by atoms with van der Waals surface area (Å²) in [5, 5.41) is 6.60. The number of aromatic amines is 1. The Morgan fingerprint density at radius 3 is 3.00 bits per heavy atom. The maximum absolute atomic E-state index is 11.0. The van der Waals surface area contributed by atoms with Crippen molar-refractivity contribution in [1.29, 1.82) is 0 Å². The Morgan fingerprint density at radius 1 is 1.85 bits per heavy atom. The Hall–Kier alpha value is -1.36. The fourth-order valence-electron chi connectivity index (χ4n) is 1.05. The number of aryl methyl sites for hydroxylation is 1. The summed E-state index contributed by atoms with van der Waals surface area (Å²) in [5.74, 6) is -0.402. The summed E-state index contributed by atoms with van der Waals surface area (Å²) < 4.78 is 4.51. The molecule has 1 atom stereocenters. The van der Waals surface area contributed by atoms with Gasteiger partial charge in [0, 0.05) is 12.1 Å². The van der Waals surface area contributed by atoms with Crippen LogP contribution in [0.5, 0.6) is 0 Å². The lowest BCUT2D eigenvalue weighted by Crippen LogP contribution is -2.33. The van der Waals surface area contributed by atoms with Gasteiger partial charge in [-0.1, -0.05) is 0 Å². The molecule has 1 aromatic rings. The molecule has 0 aliphatic heterocycles. The highest BCUT2D eigenvalue weighted by atomic mass is 16.5. The number of methoxy groups -OCH3 is 1. The average Bonchev–Trinajstić information content (AvgIpc) is 2.50. The van der Waals surface area contributed by atoms with E-state index in [1.807, 2.05) is 6.92 Å². The van der Waals surface area contributed by atoms with Crippen LogP contribution in [0.3, 0.4) is 0 Å². The Balaban J connectivity index is 2.59. The van der Waals surface area contributed by atoms with Gasteiger partial charge in [-0.25, -0.2) is 0 Å². The van der Waals surface area contributed by atoms with Gasteiger partial charge in [-0.2, -0.15) is 5.10 Å². The molecule has 1 unspecified atom stereocenters. The molecule has 1 rings (SSSR count). The number of esters is 1. The van der Waals surface area contributed by atoms with Crippen LogP contribution in [0.2, 0.25) is 0 Å². The zero-order valence-electron chi connectivity index (χ0n) is 7.70. The second-order valence-electron chi connectivity index (χ2n) is 2.85. The summed E-state index contributed by atoms with van der Waals surface area (Å²) in [5.41, 5.74) is 7.44. The number of H-pyrrole nitrogens is 1. The van der Waals surface area contributed by atoms with E-state index in [0.717, 1.165) is 11.3 Å². The largest absolute Gasteiger partial charge is 0.468 e. The van der Waals surface area contributed by atoms with E-state index in [4.69, 9.17) is 5.73 Å². The van der Waals surface area contributed by atoms with Crippen LogP contribution >= 0.6 is 0 Å². The minimum atomic E-state index is -0.610. The highest BCUT2D eigenvalue weighted by Crippen LogP contribution is 2.05. The van der Waals surface area contributed by atoms with Crippen molar-refractivity contribution in [3.05, 3.63) is 17.5 Å². The van der Waals surface area contributed by atoms with Crippen LogP contribution in [0.15, 0.2) is 6.20 Å². The summed E-state index contributed by atoms with van der Waals surface area (Å²) in [6, 6.07) is -0.610. The average molecular weight is 183 g/mol. The number of ether oxygens (including phenoxy) is 1. The van der Waals surface area contributed by atoms with Gasteiger partial charge in [-0.3, -0.25) is 9.89 Å². The van der Waals surface area contributed by atoms with E-state index in [1.165, 1.54) is 7.11 Å². The quantitative estimate of drug-likeness (QED) is 0.634. The normalized spacial score (nSPS) is 12.5. The number of carbonyl (C=O) groups excluding carboxylic acids is 1. The lowest BCUT2D eigenvalue weighted by molar-refractivity contribution is -0.142. The first-order valence-corrected chi connectivity index (χ1v) is 3.97. The number of carbonyl (C=O) groups is 1. The van der Waals surface area contributed by atoms with Crippen LogP contribution in [-0.2, 0) is 16.0 Å². The molecule has 0 aromatic carbocycles. The number of hydrogen-bond donors (Lipinski definition) is 2. The van der Waals surface area contributed by atoms with Gasteiger partial charge in [-0.05, 0) is 12.5 Å². The molecule has 0 fully saturated rings. The second-order valence-corrected chi connectivity index (χ2v) is 2.85. The van der Waals surface area contributed by atoms with Crippen molar-refractivity contribution in [2.75, 3.05) is 7.11 Å². The summed E-state index contributed by atoms with van der Waals surface area (Å²) in [7, 11) is 1.32. The molecule has 13 heavy (non-hydrogen) atoms. The standard InChI is InChI=1S/C8H13N3O2/c1-5-6(4-10-11-5)3-7(9)8(12)13-2/h4,7H,3,9H2,1-2H3,(H,10,11). The SMILES string of the molecule is COC(=O)C(N)Cc1cn[nH]c1C. The molecular formula is C8H13N3O2. The van der Waals surface area contributed by atoms with Gasteiger partial charge < -0.3 is 10.5 Å². The smallest absolute Gasteiger partial charge is 0.322 e. The van der Waals surface area contributed by atoms with Crippen molar-refractivity contribution >= 4 is 5.97 Å². The summed E-state index contributed by atoms with van der Waals surface area (Å²) in [4.78, 5) is 11.0. The highest BCUT2D eigenvalue weighted by molar-refractivity contribution is 5.75. The van der Waals surface area contributed by atoms with E-state index in [1.54, 1.807) is 6.20 Å². The monoisotopic (exact) mass is 183 g/mol. The molecule has 1 heterocycles. The first kappa shape index (κ1) is 9.73. The van der Waals surface area contributed by atoms with Crippen molar-refractivity contribution in [3.63, 3.8) is 0 Å². The molecule has 0 bridgehead atoms. The molecule has 0 radical (unpaired) electrons. The van der Waals surface area contributed by atoms with Crippen molar-refractivity contribution in [3.8, 4) is 0 Å². The first-order valence-electron chi connectivity index (χ1n) is 3.97. The number of hydrogen-bond acceptors (Lipinski definition) is 4. The number of aromatic nitrogens is 2. The predicted octanol–water partition coefficient (Wildman–Crippen LogP) is -0.239. The molecule has 5 nitrogen and oxygen atoms in total. The van der Waals surface area contributed by atoms with Crippen molar-refractivity contribution < 1.29 is 9.53 Å². The van der Waals surface area contributed by atoms with Crippen molar-refractivity contribution in [2.24, 2.45) is 5.73 Å². The van der Waals surface area contributed by atoms with E-state index in [0.29, 0.717) is 6.42 Å². The minimum Gasteiger partial charge on any atom is -0.468 e. The Morgan fingerprint density at radius 2 is 2.54 bits per heavy atom. The molecule has 3 N–H and O–H groups in total. The van der Waals surface area contributed by atoms with Gasteiger partial charge >= 0.3 is 5.97 Å². The molecule has 72 valence electrons. The second kappa shape index (κ2) is 4.04. The Kier molecular flexibility index (Phi) is 3.02. The fourth-order valence-corrected chi connectivity index (χ4v) is 1.05. The van der Waals surface area contributed by atoms with Crippen molar-refractivity contribution in [1.82, 2.24) is 10.2 Å². The zero-order chi connectivity index (χ0) is 9.84. The maximum atomic E-state index is 11.0. The van der Waals surface area contributed by atoms with E-state index < -0.39 is 12.0 Å². The topological polar surface area (TPSA) is 81.0 Å². The van der Waals surface area contributed by atoms with Crippen LogP contribution in [0.25, 0.3) is 0 Å². The lowest BCUT2D eigenvalue weighted by atomic mass is 10.1. The molecular weight excluding hydrogens is 170 g/mol. The molecule has 0 aliphatic rings. The zero-order valence-corrected chi connectivity index (χ0v) is 7.70. The van der Waals surface area contributed by atoms with Gasteiger partial charge in [0.25, 0.3) is 0 Å². The molecule has 1 aromatic heterocycles. The number of nitrogens with two attached hydrogens (primary N) is 1. The predicted molar refractivity (Wildman–Crippen MR) is 47.0 cm³/mol. The van der Waals surface area contributed by atoms with Crippen LogP contribution in [0.1, 0.15) is 11.3 Å². The summed E-state index contributed by atoms with van der Waals surface area (Å²) in [6.07, 6.45) is 2.12. The minimum absolute atomic E-state index is 0.402. The summed E-state index contributed by atoms with van der Waals surface area (Å²) >= 11 is 0. The van der Waals surface area contributed by atoms with Crippen LogP contribution in [0, 0.1) is 6.92 Å². The number of nitrogens with zero attached hydrogens (tertiary/aromatic N) is 1. The molecule has 5 heteroatoms. The van der Waals surface area contributed by atoms with Gasteiger partial charge in [-0.15, -0.1) is 0 Å². The van der Waals surface area contributed by atoms with Crippen LogP contribution in [-0.4, -0.2) is 29.3 Å². The summed E-state index contributed by atoms with van der Waals surface area (Å²) in [6.45, 7) is 1.88. The van der Waals surface area contributed by atoms with Crippen LogP contribution in [0.4, 0.5) is 0 Å². The van der Waals surface area contributed by atoms with E-state index in [-0.39, 0.29) is 0 Å². The third kappa shape index (κ3) is 2.29.